The fourth-order valence-electron chi connectivity index (χ4n) is 3.51. The highest BCUT2D eigenvalue weighted by Gasteiger charge is 2.20. The molecule has 0 bridgehead atoms. The number of nitrogens with two attached hydrogens (primary N) is 1. The molecule has 0 aliphatic rings. The standard InChI is InChI=1S/C23H19N7O2/c1-13-21(14(2)30(29-13)12-20-15(11-24)6-5-9-26-20)28-23(32)17-10-19(22(25)31)27-18-8-4-3-7-16(17)18/h3-10H,12H2,1-2H3,(H2,25,31)(H,28,32). The van der Waals surface area contributed by atoms with Crippen molar-refractivity contribution >= 4 is 28.4 Å². The second kappa shape index (κ2) is 8.28. The molecule has 0 atom stereocenters. The molecule has 158 valence electrons. The first-order valence-corrected chi connectivity index (χ1v) is 9.78. The minimum Gasteiger partial charge on any atom is -0.364 e. The van der Waals surface area contributed by atoms with Gasteiger partial charge in [0.2, 0.25) is 0 Å². The molecule has 0 fully saturated rings. The van der Waals surface area contributed by atoms with Gasteiger partial charge >= 0.3 is 0 Å². The summed E-state index contributed by atoms with van der Waals surface area (Å²) in [5, 5.41) is 17.3. The Labute approximate surface area is 183 Å². The van der Waals surface area contributed by atoms with Crippen molar-refractivity contribution in [3.63, 3.8) is 0 Å². The molecule has 0 unspecified atom stereocenters. The van der Waals surface area contributed by atoms with E-state index in [4.69, 9.17) is 5.73 Å². The van der Waals surface area contributed by atoms with Crippen molar-refractivity contribution in [2.45, 2.75) is 20.4 Å². The molecule has 4 rings (SSSR count). The SMILES string of the molecule is Cc1nn(Cc2ncccc2C#N)c(C)c1NC(=O)c1cc(C(N)=O)nc2ccccc12. The topological polar surface area (TPSA) is 140 Å². The lowest BCUT2D eigenvalue weighted by Crippen LogP contribution is -2.18. The number of rotatable bonds is 5. The smallest absolute Gasteiger partial charge is 0.267 e. The van der Waals surface area contributed by atoms with Gasteiger partial charge in [-0.1, -0.05) is 18.2 Å². The Morgan fingerprint density at radius 1 is 1.19 bits per heavy atom. The summed E-state index contributed by atoms with van der Waals surface area (Å²) in [7, 11) is 0. The Morgan fingerprint density at radius 2 is 1.97 bits per heavy atom. The van der Waals surface area contributed by atoms with Gasteiger partial charge < -0.3 is 11.1 Å². The zero-order valence-corrected chi connectivity index (χ0v) is 17.5. The molecule has 4 aromatic rings. The van der Waals surface area contributed by atoms with Crippen LogP contribution in [0.15, 0.2) is 48.7 Å². The van der Waals surface area contributed by atoms with Crippen LogP contribution in [0.3, 0.4) is 0 Å². The van der Waals surface area contributed by atoms with Gasteiger partial charge in [0.25, 0.3) is 11.8 Å². The lowest BCUT2D eigenvalue weighted by molar-refractivity contribution is 0.0996. The highest BCUT2D eigenvalue weighted by Crippen LogP contribution is 2.24. The molecule has 3 aromatic heterocycles. The molecular weight excluding hydrogens is 406 g/mol. The third kappa shape index (κ3) is 3.77. The first-order valence-electron chi connectivity index (χ1n) is 9.78. The number of nitrogens with zero attached hydrogens (tertiary/aromatic N) is 5. The second-order valence-electron chi connectivity index (χ2n) is 7.20. The van der Waals surface area contributed by atoms with Crippen LogP contribution in [0.25, 0.3) is 10.9 Å². The minimum atomic E-state index is -0.714. The number of hydrogen-bond acceptors (Lipinski definition) is 6. The zero-order chi connectivity index (χ0) is 22.8. The number of amides is 2. The average Bonchev–Trinajstić information content (AvgIpc) is 3.05. The third-order valence-electron chi connectivity index (χ3n) is 5.14. The number of benzene rings is 1. The highest BCUT2D eigenvalue weighted by atomic mass is 16.2. The molecule has 0 saturated heterocycles. The van der Waals surface area contributed by atoms with Crippen molar-refractivity contribution in [1.82, 2.24) is 19.7 Å². The molecular formula is C23H19N7O2. The maximum atomic E-state index is 13.2. The van der Waals surface area contributed by atoms with Crippen molar-refractivity contribution in [3.8, 4) is 6.07 Å². The summed E-state index contributed by atoms with van der Waals surface area (Å²) in [5.74, 6) is -1.12. The van der Waals surface area contributed by atoms with Crippen LogP contribution in [-0.2, 0) is 6.54 Å². The molecule has 32 heavy (non-hydrogen) atoms. The number of nitriles is 1. The zero-order valence-electron chi connectivity index (χ0n) is 17.5. The van der Waals surface area contributed by atoms with Crippen LogP contribution in [0.4, 0.5) is 5.69 Å². The Morgan fingerprint density at radius 3 is 2.72 bits per heavy atom. The number of aryl methyl sites for hydroxylation is 1. The number of nitrogens with one attached hydrogen (secondary N) is 1. The molecule has 3 heterocycles. The van der Waals surface area contributed by atoms with Crippen LogP contribution in [0.2, 0.25) is 0 Å². The molecule has 1 aromatic carbocycles. The fraction of sp³-hybridized carbons (Fsp3) is 0.130. The first-order chi connectivity index (χ1) is 15.4. The normalized spacial score (nSPS) is 10.7. The summed E-state index contributed by atoms with van der Waals surface area (Å²) < 4.78 is 1.69. The van der Waals surface area contributed by atoms with Crippen molar-refractivity contribution in [1.29, 1.82) is 5.26 Å². The number of fused-ring (bicyclic) bond motifs is 1. The van der Waals surface area contributed by atoms with Crippen LogP contribution in [0.1, 0.15) is 43.5 Å². The van der Waals surface area contributed by atoms with Crippen LogP contribution in [0.5, 0.6) is 0 Å². The van der Waals surface area contributed by atoms with Crippen LogP contribution in [-0.4, -0.2) is 31.6 Å². The van der Waals surface area contributed by atoms with Crippen molar-refractivity contribution in [2.75, 3.05) is 5.32 Å². The Kier molecular flexibility index (Phi) is 5.35. The molecule has 0 saturated carbocycles. The minimum absolute atomic E-state index is 0.0113. The number of aromatic nitrogens is 4. The van der Waals surface area contributed by atoms with E-state index >= 15 is 0 Å². The van der Waals surface area contributed by atoms with Gasteiger partial charge in [-0.3, -0.25) is 19.3 Å². The van der Waals surface area contributed by atoms with E-state index in [2.05, 4.69) is 26.5 Å². The summed E-state index contributed by atoms with van der Waals surface area (Å²) in [6.45, 7) is 3.89. The lowest BCUT2D eigenvalue weighted by atomic mass is 10.1. The molecule has 2 amide bonds. The maximum Gasteiger partial charge on any atom is 0.267 e. The molecule has 9 heteroatoms. The quantitative estimate of drug-likeness (QED) is 0.504. The number of hydrogen-bond donors (Lipinski definition) is 2. The van der Waals surface area contributed by atoms with Crippen molar-refractivity contribution in [2.24, 2.45) is 5.73 Å². The Hall–Kier alpha value is -4.58. The van der Waals surface area contributed by atoms with Crippen molar-refractivity contribution < 1.29 is 9.59 Å². The van der Waals surface area contributed by atoms with Crippen LogP contribution < -0.4 is 11.1 Å². The van der Waals surface area contributed by atoms with Crippen LogP contribution in [0, 0.1) is 25.2 Å². The molecule has 9 nitrogen and oxygen atoms in total. The van der Waals surface area contributed by atoms with Gasteiger partial charge in [-0.05, 0) is 38.1 Å². The van der Waals surface area contributed by atoms with E-state index in [9.17, 15) is 14.9 Å². The van der Waals surface area contributed by atoms with E-state index in [1.165, 1.54) is 6.07 Å². The fourth-order valence-corrected chi connectivity index (χ4v) is 3.51. The number of primary amides is 1. The van der Waals surface area contributed by atoms with Gasteiger partial charge in [0.05, 0.1) is 46.0 Å². The number of pyridine rings is 2. The van der Waals surface area contributed by atoms with Crippen LogP contribution >= 0.6 is 0 Å². The molecule has 3 N–H and O–H groups in total. The first kappa shape index (κ1) is 20.7. The van der Waals surface area contributed by atoms with E-state index in [0.29, 0.717) is 39.2 Å². The predicted molar refractivity (Wildman–Crippen MR) is 118 cm³/mol. The molecule has 0 radical (unpaired) electrons. The largest absolute Gasteiger partial charge is 0.364 e. The summed E-state index contributed by atoms with van der Waals surface area (Å²) in [5.41, 5.74) is 9.11. The van der Waals surface area contributed by atoms with E-state index in [0.717, 1.165) is 0 Å². The van der Waals surface area contributed by atoms with Crippen molar-refractivity contribution in [3.05, 3.63) is 82.6 Å². The average molecular weight is 425 g/mol. The second-order valence-corrected chi connectivity index (χ2v) is 7.20. The number of para-hydroxylation sites is 1. The number of carbonyl (C=O) groups is 2. The van der Waals surface area contributed by atoms with E-state index in [1.807, 2.05) is 6.92 Å². The summed E-state index contributed by atoms with van der Waals surface area (Å²) in [6.07, 6.45) is 1.62. The van der Waals surface area contributed by atoms with Gasteiger partial charge in [0.15, 0.2) is 0 Å². The van der Waals surface area contributed by atoms with Gasteiger partial charge in [0, 0.05) is 11.6 Å². The highest BCUT2D eigenvalue weighted by molar-refractivity contribution is 6.14. The maximum absolute atomic E-state index is 13.2. The molecule has 0 aliphatic heterocycles. The number of carbonyl (C=O) groups excluding carboxylic acids is 2. The summed E-state index contributed by atoms with van der Waals surface area (Å²) in [6, 6.07) is 14.0. The predicted octanol–water partition coefficient (Wildman–Crippen LogP) is 2.71. The summed E-state index contributed by atoms with van der Waals surface area (Å²) in [4.78, 5) is 33.4. The lowest BCUT2D eigenvalue weighted by Gasteiger charge is -2.10. The van der Waals surface area contributed by atoms with Gasteiger partial charge in [-0.25, -0.2) is 4.98 Å². The van der Waals surface area contributed by atoms with Gasteiger partial charge in [-0.15, -0.1) is 0 Å². The monoisotopic (exact) mass is 425 g/mol. The Balaban J connectivity index is 1.69. The van der Waals surface area contributed by atoms with E-state index in [-0.39, 0.29) is 17.8 Å². The molecule has 0 spiro atoms. The number of anilines is 1. The Bertz CT molecular complexity index is 1420. The van der Waals surface area contributed by atoms with E-state index in [1.54, 1.807) is 54.2 Å². The van der Waals surface area contributed by atoms with E-state index < -0.39 is 11.8 Å². The molecule has 0 aliphatic carbocycles. The van der Waals surface area contributed by atoms with Gasteiger partial charge in [0.1, 0.15) is 11.8 Å². The summed E-state index contributed by atoms with van der Waals surface area (Å²) >= 11 is 0. The van der Waals surface area contributed by atoms with Gasteiger partial charge in [-0.2, -0.15) is 10.4 Å². The third-order valence-corrected chi connectivity index (χ3v) is 5.14.